The van der Waals surface area contributed by atoms with E-state index < -0.39 is 35.3 Å². The minimum absolute atomic E-state index is 0.0263. The summed E-state index contributed by atoms with van der Waals surface area (Å²) >= 11 is 0. The number of aryl methyl sites for hydroxylation is 2. The molecule has 2 N–H and O–H groups in total. The normalized spacial score (nSPS) is 16.9. The highest BCUT2D eigenvalue weighted by Gasteiger charge is 2.48. The molecule has 0 spiro atoms. The predicted octanol–water partition coefficient (Wildman–Crippen LogP) is 7.70. The Bertz CT molecular complexity index is 2210. The SMILES string of the molecule is CO/N=C/c1cc(C[N+]2(CC(=O)C[C@@H](CCc3ccccc3)C(=O)NC(CC(C)C)C(=O)C[C@@H](Cc3ccccc3)C(=O)NC(CC(C)C)C(=O)C3(C)CC3)CCOCC2)cc(C)c1OC(C)=O. The van der Waals surface area contributed by atoms with Gasteiger partial charge in [-0.25, -0.2) is 0 Å². The van der Waals surface area contributed by atoms with Crippen molar-refractivity contribution >= 4 is 41.3 Å². The van der Waals surface area contributed by atoms with Crippen LogP contribution in [-0.2, 0) is 57.7 Å². The van der Waals surface area contributed by atoms with Gasteiger partial charge in [0.1, 0.15) is 39.0 Å². The summed E-state index contributed by atoms with van der Waals surface area (Å²) in [7, 11) is 1.43. The number of nitrogens with zero attached hydrogens (tertiary/aromatic N) is 2. The zero-order chi connectivity index (χ0) is 49.4. The van der Waals surface area contributed by atoms with Crippen LogP contribution in [0.15, 0.2) is 78.0 Å². The van der Waals surface area contributed by atoms with Gasteiger partial charge in [-0.1, -0.05) is 100 Å². The lowest BCUT2D eigenvalue weighted by Gasteiger charge is -2.41. The van der Waals surface area contributed by atoms with Gasteiger partial charge in [-0.2, -0.15) is 0 Å². The maximum absolute atomic E-state index is 14.6. The lowest BCUT2D eigenvalue weighted by molar-refractivity contribution is -0.940. The van der Waals surface area contributed by atoms with Gasteiger partial charge in [-0.15, -0.1) is 0 Å². The molecule has 368 valence electrons. The number of nitrogens with one attached hydrogen (secondary N) is 2. The summed E-state index contributed by atoms with van der Waals surface area (Å²) in [6, 6.07) is 21.7. The number of hydrogen-bond donors (Lipinski definition) is 2. The number of ketones is 3. The van der Waals surface area contributed by atoms with Crippen molar-refractivity contribution in [2.45, 2.75) is 125 Å². The number of quaternary nitrogens is 1. The largest absolute Gasteiger partial charge is 0.426 e. The number of esters is 1. The summed E-state index contributed by atoms with van der Waals surface area (Å²) in [5.41, 5.74) is 3.70. The van der Waals surface area contributed by atoms with Crippen molar-refractivity contribution in [1.29, 1.82) is 0 Å². The van der Waals surface area contributed by atoms with Crippen molar-refractivity contribution in [3.05, 3.63) is 101 Å². The fourth-order valence-electron chi connectivity index (χ4n) is 9.39. The molecule has 2 fully saturated rings. The third kappa shape index (κ3) is 16.3. The van der Waals surface area contributed by atoms with Crippen LogP contribution < -0.4 is 15.4 Å². The molecule has 13 heteroatoms. The molecule has 2 aliphatic rings. The first kappa shape index (κ1) is 53.4. The molecule has 68 heavy (non-hydrogen) atoms. The lowest BCUT2D eigenvalue weighted by Crippen LogP contribution is -2.57. The Labute approximate surface area is 403 Å². The third-order valence-corrected chi connectivity index (χ3v) is 13.3. The third-order valence-electron chi connectivity index (χ3n) is 13.3. The van der Waals surface area contributed by atoms with E-state index in [1.54, 1.807) is 0 Å². The van der Waals surface area contributed by atoms with Crippen LogP contribution in [0.2, 0.25) is 0 Å². The molecule has 2 amide bonds. The molecule has 13 nitrogen and oxygen atoms in total. The molecule has 1 saturated carbocycles. The van der Waals surface area contributed by atoms with Crippen LogP contribution in [0.4, 0.5) is 0 Å². The van der Waals surface area contributed by atoms with Gasteiger partial charge in [-0.3, -0.25) is 28.8 Å². The smallest absolute Gasteiger partial charge is 0.308 e. The number of hydrogen-bond acceptors (Lipinski definition) is 10. The van der Waals surface area contributed by atoms with Gasteiger partial charge in [0.05, 0.1) is 31.5 Å². The van der Waals surface area contributed by atoms with E-state index in [0.29, 0.717) is 74.3 Å². The summed E-state index contributed by atoms with van der Waals surface area (Å²) < 4.78 is 11.7. The predicted molar refractivity (Wildman–Crippen MR) is 263 cm³/mol. The van der Waals surface area contributed by atoms with E-state index in [9.17, 15) is 28.8 Å². The summed E-state index contributed by atoms with van der Waals surface area (Å²) in [4.78, 5) is 88.6. The first-order chi connectivity index (χ1) is 32.4. The van der Waals surface area contributed by atoms with Gasteiger partial charge in [0.25, 0.3) is 0 Å². The summed E-state index contributed by atoms with van der Waals surface area (Å²) in [5, 5.41) is 10.1. The monoisotopic (exact) mass is 936 g/mol. The molecule has 3 aromatic rings. The second kappa shape index (κ2) is 25.2. The van der Waals surface area contributed by atoms with Crippen LogP contribution in [0.3, 0.4) is 0 Å². The fraction of sp³-hybridized carbons (Fsp3) is 0.545. The van der Waals surface area contributed by atoms with Crippen molar-refractivity contribution in [2.75, 3.05) is 40.0 Å². The molecule has 1 heterocycles. The molecule has 0 aromatic heterocycles. The number of carbonyl (C=O) groups is 6. The van der Waals surface area contributed by atoms with E-state index >= 15 is 0 Å². The lowest BCUT2D eigenvalue weighted by atomic mass is 9.87. The van der Waals surface area contributed by atoms with Gasteiger partial charge in [0.2, 0.25) is 11.8 Å². The molecule has 1 saturated heterocycles. The number of Topliss-reactive ketones (excluding diaryl/α,β-unsaturated/α-hetero) is 3. The molecule has 1 aliphatic carbocycles. The van der Waals surface area contributed by atoms with Gasteiger partial charge in [-0.05, 0) is 92.5 Å². The summed E-state index contributed by atoms with van der Waals surface area (Å²) in [6.45, 7) is 15.9. The Morgan fingerprint density at radius 2 is 1.38 bits per heavy atom. The minimum Gasteiger partial charge on any atom is -0.426 e. The van der Waals surface area contributed by atoms with Gasteiger partial charge >= 0.3 is 5.97 Å². The van der Waals surface area contributed by atoms with Gasteiger partial charge < -0.3 is 29.4 Å². The quantitative estimate of drug-likeness (QED) is 0.0256. The Morgan fingerprint density at radius 3 is 1.97 bits per heavy atom. The van der Waals surface area contributed by atoms with Crippen molar-refractivity contribution in [3.8, 4) is 5.75 Å². The molecule has 0 radical (unpaired) electrons. The first-order valence-corrected chi connectivity index (χ1v) is 24.5. The van der Waals surface area contributed by atoms with Crippen LogP contribution >= 0.6 is 0 Å². The molecular weight excluding hydrogens is 861 g/mol. The summed E-state index contributed by atoms with van der Waals surface area (Å²) in [6.07, 6.45) is 5.02. The molecule has 2 unspecified atom stereocenters. The average molecular weight is 936 g/mol. The van der Waals surface area contributed by atoms with Crippen molar-refractivity contribution in [1.82, 2.24) is 10.6 Å². The standard InChI is InChI=1S/C55H74N4O9/c1-37(2)27-48(50(62)33-45(30-42-17-13-10-14-18-42)54(65)58-49(28-38(3)4)52(63)55(7)21-22-55)57-53(64)44(20-19-41-15-11-9-12-16-41)32-47(61)36-59(23-25-67-26-24-59)35-43-29-39(5)51(68-40(6)60)46(31-43)34-56-66-8/h9-18,29,31,34,37-38,44-45,48-49H,19-28,30,32-33,35-36H2,1-8H3,(H-,57,58,64,65)/p+1/b56-34+/t44-,45-,48?,49?/m1/s1. The molecule has 0 bridgehead atoms. The maximum Gasteiger partial charge on any atom is 0.308 e. The van der Waals surface area contributed by atoms with Gasteiger partial charge in [0, 0.05) is 48.1 Å². The summed E-state index contributed by atoms with van der Waals surface area (Å²) in [5.74, 6) is -2.41. The molecule has 5 rings (SSSR count). The number of ether oxygens (including phenoxy) is 2. The number of benzene rings is 3. The van der Waals surface area contributed by atoms with E-state index in [1.807, 2.05) is 114 Å². The fourth-order valence-corrected chi connectivity index (χ4v) is 9.39. The Kier molecular flexibility index (Phi) is 19.8. The van der Waals surface area contributed by atoms with Crippen molar-refractivity contribution in [3.63, 3.8) is 0 Å². The molecule has 1 aliphatic heterocycles. The van der Waals surface area contributed by atoms with E-state index in [1.165, 1.54) is 20.2 Å². The highest BCUT2D eigenvalue weighted by Crippen LogP contribution is 2.47. The Hall–Kier alpha value is -5.53. The Balaban J connectivity index is 1.38. The highest BCUT2D eigenvalue weighted by molar-refractivity contribution is 5.97. The number of amides is 2. The number of carbonyl (C=O) groups excluding carboxylic acids is 6. The van der Waals surface area contributed by atoms with E-state index in [0.717, 1.165) is 35.1 Å². The highest BCUT2D eigenvalue weighted by atomic mass is 16.6. The second-order valence-corrected chi connectivity index (χ2v) is 20.4. The molecular formula is C55H75N4O9+. The zero-order valence-electron chi connectivity index (χ0n) is 41.6. The van der Waals surface area contributed by atoms with Gasteiger partial charge in [0.15, 0.2) is 17.3 Å². The topological polar surface area (TPSA) is 167 Å². The van der Waals surface area contributed by atoms with Crippen molar-refractivity contribution < 1.29 is 47.6 Å². The van der Waals surface area contributed by atoms with Crippen LogP contribution in [0.5, 0.6) is 5.75 Å². The number of rotatable bonds is 27. The first-order valence-electron chi connectivity index (χ1n) is 24.5. The van der Waals surface area contributed by atoms with Crippen molar-refractivity contribution in [2.24, 2.45) is 34.2 Å². The Morgan fingerprint density at radius 1 is 0.794 bits per heavy atom. The van der Waals surface area contributed by atoms with Crippen LogP contribution in [0.25, 0.3) is 0 Å². The minimum atomic E-state index is -0.895. The molecule has 4 atom stereocenters. The second-order valence-electron chi connectivity index (χ2n) is 20.4. The number of oxime groups is 1. The number of morpholine rings is 1. The van der Waals surface area contributed by atoms with Crippen LogP contribution in [0.1, 0.15) is 114 Å². The van der Waals surface area contributed by atoms with E-state index in [-0.39, 0.29) is 66.8 Å². The van der Waals surface area contributed by atoms with Crippen LogP contribution in [0, 0.1) is 36.0 Å². The van der Waals surface area contributed by atoms with E-state index in [4.69, 9.17) is 14.3 Å². The van der Waals surface area contributed by atoms with Crippen LogP contribution in [-0.4, -0.2) is 97.9 Å². The maximum atomic E-state index is 14.6. The average Bonchev–Trinajstić information content (AvgIpc) is 4.05. The molecule has 3 aromatic carbocycles. The zero-order valence-corrected chi connectivity index (χ0v) is 41.6. The van der Waals surface area contributed by atoms with E-state index in [2.05, 4.69) is 15.8 Å².